The fourth-order valence-corrected chi connectivity index (χ4v) is 2.59. The maximum atomic E-state index is 13.0. The number of rotatable bonds is 6. The monoisotopic (exact) mass is 343 g/mol. The Bertz CT molecular complexity index is 939. The van der Waals surface area contributed by atoms with Gasteiger partial charge in [0.05, 0.1) is 17.3 Å². The summed E-state index contributed by atoms with van der Waals surface area (Å²) in [5, 5.41) is 13.0. The van der Waals surface area contributed by atoms with Crippen molar-refractivity contribution < 1.29 is 4.79 Å². The average molecular weight is 343 g/mol. The molecule has 0 fully saturated rings. The van der Waals surface area contributed by atoms with Crippen molar-refractivity contribution in [1.29, 1.82) is 5.26 Å². The van der Waals surface area contributed by atoms with Gasteiger partial charge in [-0.25, -0.2) is 9.67 Å². The number of nitrogens with zero attached hydrogens (tertiary/aromatic N) is 5. The van der Waals surface area contributed by atoms with E-state index in [2.05, 4.69) is 22.7 Å². The van der Waals surface area contributed by atoms with Crippen LogP contribution >= 0.6 is 0 Å². The lowest BCUT2D eigenvalue weighted by molar-refractivity contribution is 0.0762. The number of hydrogen-bond acceptors (Lipinski definition) is 4. The smallest absolute Gasteiger partial charge is 0.254 e. The molecular formula is C20H17N5O. The lowest BCUT2D eigenvalue weighted by atomic mass is 10.1. The first kappa shape index (κ1) is 17.1. The summed E-state index contributed by atoms with van der Waals surface area (Å²) in [6, 6.07) is 16.5. The normalized spacial score (nSPS) is 10.1. The Morgan fingerprint density at radius 1 is 1.27 bits per heavy atom. The highest BCUT2D eigenvalue weighted by atomic mass is 16.2. The molecule has 1 amide bonds. The van der Waals surface area contributed by atoms with Gasteiger partial charge in [-0.2, -0.15) is 10.4 Å². The quantitative estimate of drug-likeness (QED) is 0.645. The maximum absolute atomic E-state index is 13.0. The van der Waals surface area contributed by atoms with Gasteiger partial charge in [0.1, 0.15) is 12.7 Å². The van der Waals surface area contributed by atoms with E-state index in [9.17, 15) is 4.79 Å². The summed E-state index contributed by atoms with van der Waals surface area (Å²) < 4.78 is 1.61. The van der Waals surface area contributed by atoms with Gasteiger partial charge in [0.25, 0.3) is 5.91 Å². The zero-order chi connectivity index (χ0) is 18.4. The third-order valence-corrected chi connectivity index (χ3v) is 3.87. The SMILES string of the molecule is C=CCN(Cc1ccc(C#N)cc1)C(=O)c1cccc(-n2cncn2)c1. The van der Waals surface area contributed by atoms with Crippen molar-refractivity contribution in [3.8, 4) is 11.8 Å². The van der Waals surface area contributed by atoms with Crippen LogP contribution in [0.25, 0.3) is 5.69 Å². The molecule has 0 saturated carbocycles. The molecule has 3 rings (SSSR count). The molecule has 0 saturated heterocycles. The van der Waals surface area contributed by atoms with Crippen molar-refractivity contribution in [2.24, 2.45) is 0 Å². The van der Waals surface area contributed by atoms with Crippen LogP contribution in [0, 0.1) is 11.3 Å². The number of carbonyl (C=O) groups is 1. The summed E-state index contributed by atoms with van der Waals surface area (Å²) in [6.07, 6.45) is 4.73. The largest absolute Gasteiger partial charge is 0.331 e. The zero-order valence-corrected chi connectivity index (χ0v) is 14.1. The minimum Gasteiger partial charge on any atom is -0.331 e. The van der Waals surface area contributed by atoms with Crippen LogP contribution in [0.4, 0.5) is 0 Å². The van der Waals surface area contributed by atoms with Gasteiger partial charge in [-0.05, 0) is 35.9 Å². The molecule has 0 unspecified atom stereocenters. The molecule has 1 heterocycles. The predicted octanol–water partition coefficient (Wildman–Crippen LogP) is 2.97. The van der Waals surface area contributed by atoms with Crippen molar-refractivity contribution in [2.75, 3.05) is 6.54 Å². The molecule has 0 aliphatic rings. The summed E-state index contributed by atoms with van der Waals surface area (Å²) in [5.41, 5.74) is 2.88. The average Bonchev–Trinajstić information content (AvgIpc) is 3.23. The van der Waals surface area contributed by atoms with Gasteiger partial charge >= 0.3 is 0 Å². The molecule has 0 aliphatic heterocycles. The van der Waals surface area contributed by atoms with E-state index >= 15 is 0 Å². The molecule has 1 aromatic heterocycles. The van der Waals surface area contributed by atoms with E-state index in [1.165, 1.54) is 6.33 Å². The van der Waals surface area contributed by atoms with Gasteiger partial charge in [-0.15, -0.1) is 6.58 Å². The molecule has 3 aromatic rings. The standard InChI is InChI=1S/C20H17N5O/c1-2-10-24(13-17-8-6-16(12-21)7-9-17)20(26)18-4-3-5-19(11-18)25-15-22-14-23-25/h2-9,11,14-15H,1,10,13H2. The van der Waals surface area contributed by atoms with Crippen LogP contribution in [0.1, 0.15) is 21.5 Å². The first-order valence-corrected chi connectivity index (χ1v) is 8.05. The van der Waals surface area contributed by atoms with Crippen LogP contribution in [-0.4, -0.2) is 32.1 Å². The summed E-state index contributed by atoms with van der Waals surface area (Å²) in [5.74, 6) is -0.101. The van der Waals surface area contributed by atoms with Gasteiger partial charge in [-0.3, -0.25) is 4.79 Å². The molecule has 0 spiro atoms. The Hall–Kier alpha value is -3.72. The Morgan fingerprint density at radius 3 is 2.73 bits per heavy atom. The molecule has 0 N–H and O–H groups in total. The van der Waals surface area contributed by atoms with Gasteiger partial charge < -0.3 is 4.90 Å². The second-order valence-corrected chi connectivity index (χ2v) is 5.67. The minimum atomic E-state index is -0.101. The van der Waals surface area contributed by atoms with Gasteiger partial charge in [-0.1, -0.05) is 24.3 Å². The number of aromatic nitrogens is 3. The number of hydrogen-bond donors (Lipinski definition) is 0. The Balaban J connectivity index is 1.83. The predicted molar refractivity (Wildman–Crippen MR) is 97.5 cm³/mol. The van der Waals surface area contributed by atoms with E-state index in [-0.39, 0.29) is 5.91 Å². The molecule has 0 atom stereocenters. The zero-order valence-electron chi connectivity index (χ0n) is 14.1. The summed E-state index contributed by atoms with van der Waals surface area (Å²) >= 11 is 0. The van der Waals surface area contributed by atoms with Crippen molar-refractivity contribution in [1.82, 2.24) is 19.7 Å². The molecule has 128 valence electrons. The Kier molecular flexibility index (Phi) is 5.20. The third-order valence-electron chi connectivity index (χ3n) is 3.87. The lowest BCUT2D eigenvalue weighted by Gasteiger charge is -2.21. The summed E-state index contributed by atoms with van der Waals surface area (Å²) in [7, 11) is 0. The number of nitriles is 1. The molecule has 26 heavy (non-hydrogen) atoms. The number of amides is 1. The van der Waals surface area contributed by atoms with E-state index in [4.69, 9.17) is 5.26 Å². The molecule has 0 bridgehead atoms. The van der Waals surface area contributed by atoms with Crippen LogP contribution in [-0.2, 0) is 6.54 Å². The van der Waals surface area contributed by atoms with Crippen LogP contribution in [0.3, 0.4) is 0 Å². The first-order valence-electron chi connectivity index (χ1n) is 8.05. The molecule has 6 nitrogen and oxygen atoms in total. The van der Waals surface area contributed by atoms with Crippen molar-refractivity contribution >= 4 is 5.91 Å². The van der Waals surface area contributed by atoms with Gasteiger partial charge in [0, 0.05) is 18.7 Å². The Morgan fingerprint density at radius 2 is 2.08 bits per heavy atom. The van der Waals surface area contributed by atoms with Crippen LogP contribution in [0.2, 0.25) is 0 Å². The van der Waals surface area contributed by atoms with Crippen LogP contribution in [0.5, 0.6) is 0 Å². The minimum absolute atomic E-state index is 0.101. The van der Waals surface area contributed by atoms with Crippen LogP contribution < -0.4 is 0 Å². The van der Waals surface area contributed by atoms with Crippen molar-refractivity contribution in [2.45, 2.75) is 6.54 Å². The summed E-state index contributed by atoms with van der Waals surface area (Å²) in [6.45, 7) is 4.60. The molecular weight excluding hydrogens is 326 g/mol. The van der Waals surface area contributed by atoms with Gasteiger partial charge in [0.2, 0.25) is 0 Å². The highest BCUT2D eigenvalue weighted by Crippen LogP contribution is 2.14. The van der Waals surface area contributed by atoms with E-state index in [1.54, 1.807) is 46.3 Å². The fourth-order valence-electron chi connectivity index (χ4n) is 2.59. The van der Waals surface area contributed by atoms with Crippen molar-refractivity contribution in [3.63, 3.8) is 0 Å². The van der Waals surface area contributed by atoms with Crippen LogP contribution in [0.15, 0.2) is 73.8 Å². The third kappa shape index (κ3) is 3.84. The van der Waals surface area contributed by atoms with E-state index in [1.807, 2.05) is 24.3 Å². The van der Waals surface area contributed by atoms with E-state index < -0.39 is 0 Å². The number of carbonyl (C=O) groups excluding carboxylic acids is 1. The topological polar surface area (TPSA) is 74.8 Å². The molecule has 6 heteroatoms. The Labute approximate surface area is 151 Å². The van der Waals surface area contributed by atoms with Gasteiger partial charge in [0.15, 0.2) is 0 Å². The first-order chi connectivity index (χ1) is 12.7. The highest BCUT2D eigenvalue weighted by Gasteiger charge is 2.16. The highest BCUT2D eigenvalue weighted by molar-refractivity contribution is 5.94. The van der Waals surface area contributed by atoms with Crippen molar-refractivity contribution in [3.05, 3.63) is 90.5 Å². The lowest BCUT2D eigenvalue weighted by Crippen LogP contribution is -2.30. The molecule has 0 aliphatic carbocycles. The number of benzene rings is 2. The second-order valence-electron chi connectivity index (χ2n) is 5.67. The molecule has 0 radical (unpaired) electrons. The maximum Gasteiger partial charge on any atom is 0.254 e. The summed E-state index contributed by atoms with van der Waals surface area (Å²) in [4.78, 5) is 18.6. The molecule has 2 aromatic carbocycles. The fraction of sp³-hybridized carbons (Fsp3) is 0.100. The van der Waals surface area contributed by atoms with E-state index in [0.29, 0.717) is 24.2 Å². The van der Waals surface area contributed by atoms with E-state index in [0.717, 1.165) is 11.3 Å². The second kappa shape index (κ2) is 7.90.